The van der Waals surface area contributed by atoms with E-state index in [0.29, 0.717) is 24.0 Å². The fourth-order valence-corrected chi connectivity index (χ4v) is 2.14. The Hall–Kier alpha value is -1.56. The van der Waals surface area contributed by atoms with E-state index in [9.17, 15) is 4.79 Å². The fourth-order valence-electron chi connectivity index (χ4n) is 1.82. The van der Waals surface area contributed by atoms with E-state index >= 15 is 0 Å². The molecule has 2 aromatic heterocycles. The zero-order valence-corrected chi connectivity index (χ0v) is 11.9. The predicted octanol–water partition coefficient (Wildman–Crippen LogP) is 2.43. The Bertz CT molecular complexity index is 586. The zero-order chi connectivity index (χ0) is 13.2. The Morgan fingerprint density at radius 1 is 1.53 bits per heavy atom. The topological polar surface area (TPSA) is 60.1 Å². The summed E-state index contributed by atoms with van der Waals surface area (Å²) in [4.78, 5) is 11.8. The SMILES string of the molecule is O=C(NCC1CC1)c1ccc(Cn2cc(Br)cn2)o1. The molecular weight excluding hydrogens is 310 g/mol. The summed E-state index contributed by atoms with van der Waals surface area (Å²) in [6.07, 6.45) is 6.01. The first-order valence-electron chi connectivity index (χ1n) is 6.25. The van der Waals surface area contributed by atoms with Crippen LogP contribution in [0.15, 0.2) is 33.4 Å². The summed E-state index contributed by atoms with van der Waals surface area (Å²) in [6.45, 7) is 1.27. The Morgan fingerprint density at radius 3 is 3.05 bits per heavy atom. The fraction of sp³-hybridized carbons (Fsp3) is 0.385. The second-order valence-corrected chi connectivity index (χ2v) is 5.69. The molecule has 2 aromatic rings. The molecule has 1 aliphatic carbocycles. The highest BCUT2D eigenvalue weighted by Gasteiger charge is 2.22. The van der Waals surface area contributed by atoms with Gasteiger partial charge in [-0.05, 0) is 46.8 Å². The van der Waals surface area contributed by atoms with E-state index < -0.39 is 0 Å². The summed E-state index contributed by atoms with van der Waals surface area (Å²) >= 11 is 3.34. The van der Waals surface area contributed by atoms with Crippen LogP contribution in [-0.2, 0) is 6.54 Å². The van der Waals surface area contributed by atoms with Crippen LogP contribution < -0.4 is 5.32 Å². The molecular formula is C13H14BrN3O2. The number of halogens is 1. The number of carbonyl (C=O) groups excluding carboxylic acids is 1. The number of amides is 1. The van der Waals surface area contributed by atoms with Gasteiger partial charge in [0.2, 0.25) is 0 Å². The van der Waals surface area contributed by atoms with Crippen LogP contribution >= 0.6 is 15.9 Å². The van der Waals surface area contributed by atoms with E-state index in [2.05, 4.69) is 26.3 Å². The summed E-state index contributed by atoms with van der Waals surface area (Å²) in [6, 6.07) is 3.51. The molecule has 1 N–H and O–H groups in total. The van der Waals surface area contributed by atoms with E-state index in [1.54, 1.807) is 16.9 Å². The number of nitrogens with one attached hydrogen (secondary N) is 1. The van der Waals surface area contributed by atoms with Crippen molar-refractivity contribution < 1.29 is 9.21 Å². The van der Waals surface area contributed by atoms with E-state index in [-0.39, 0.29) is 5.91 Å². The first-order chi connectivity index (χ1) is 9.20. The Kier molecular flexibility index (Phi) is 3.42. The second-order valence-electron chi connectivity index (χ2n) is 4.78. The van der Waals surface area contributed by atoms with E-state index in [0.717, 1.165) is 11.0 Å². The zero-order valence-electron chi connectivity index (χ0n) is 10.3. The lowest BCUT2D eigenvalue weighted by Crippen LogP contribution is -2.25. The van der Waals surface area contributed by atoms with Crippen molar-refractivity contribution in [2.24, 2.45) is 5.92 Å². The summed E-state index contributed by atoms with van der Waals surface area (Å²) in [5.41, 5.74) is 0. The highest BCUT2D eigenvalue weighted by Crippen LogP contribution is 2.27. The van der Waals surface area contributed by atoms with Crippen molar-refractivity contribution in [1.82, 2.24) is 15.1 Å². The van der Waals surface area contributed by atoms with Crippen LogP contribution in [0.3, 0.4) is 0 Å². The molecule has 1 fully saturated rings. The quantitative estimate of drug-likeness (QED) is 0.919. The van der Waals surface area contributed by atoms with Gasteiger partial charge in [0, 0.05) is 12.7 Å². The van der Waals surface area contributed by atoms with Gasteiger partial charge in [-0.25, -0.2) is 0 Å². The molecule has 19 heavy (non-hydrogen) atoms. The van der Waals surface area contributed by atoms with Gasteiger partial charge < -0.3 is 9.73 Å². The molecule has 0 atom stereocenters. The number of hydrogen-bond acceptors (Lipinski definition) is 3. The number of nitrogens with zero attached hydrogens (tertiary/aromatic N) is 2. The average molecular weight is 324 g/mol. The first-order valence-corrected chi connectivity index (χ1v) is 7.05. The maximum Gasteiger partial charge on any atom is 0.287 e. The Labute approximate surface area is 119 Å². The maximum atomic E-state index is 11.8. The number of carbonyl (C=O) groups is 1. The minimum Gasteiger partial charge on any atom is -0.454 e. The van der Waals surface area contributed by atoms with Crippen molar-refractivity contribution in [2.75, 3.05) is 6.54 Å². The van der Waals surface area contributed by atoms with Crippen molar-refractivity contribution in [1.29, 1.82) is 0 Å². The molecule has 1 amide bonds. The number of rotatable bonds is 5. The molecule has 0 saturated heterocycles. The molecule has 0 aliphatic heterocycles. The molecule has 0 aromatic carbocycles. The van der Waals surface area contributed by atoms with E-state index in [1.165, 1.54) is 12.8 Å². The Balaban J connectivity index is 1.60. The van der Waals surface area contributed by atoms with Gasteiger partial charge in [-0.15, -0.1) is 0 Å². The lowest BCUT2D eigenvalue weighted by atomic mass is 10.3. The van der Waals surface area contributed by atoms with Crippen LogP contribution in [0.1, 0.15) is 29.2 Å². The van der Waals surface area contributed by atoms with Crippen LogP contribution in [0, 0.1) is 5.92 Å². The largest absolute Gasteiger partial charge is 0.454 e. The number of furan rings is 1. The molecule has 100 valence electrons. The molecule has 1 saturated carbocycles. The van der Waals surface area contributed by atoms with Crippen LogP contribution in [-0.4, -0.2) is 22.2 Å². The third kappa shape index (κ3) is 3.26. The third-order valence-electron chi connectivity index (χ3n) is 3.05. The van der Waals surface area contributed by atoms with Crippen molar-refractivity contribution in [3.05, 3.63) is 40.5 Å². The smallest absolute Gasteiger partial charge is 0.287 e. The molecule has 6 heteroatoms. The van der Waals surface area contributed by atoms with Crippen LogP contribution in [0.25, 0.3) is 0 Å². The minimum atomic E-state index is -0.139. The van der Waals surface area contributed by atoms with E-state index in [1.807, 2.05) is 12.3 Å². The van der Waals surface area contributed by atoms with Gasteiger partial charge in [-0.3, -0.25) is 9.48 Å². The van der Waals surface area contributed by atoms with Gasteiger partial charge in [0.25, 0.3) is 5.91 Å². The van der Waals surface area contributed by atoms with Gasteiger partial charge in [0.1, 0.15) is 5.76 Å². The maximum absolute atomic E-state index is 11.8. The van der Waals surface area contributed by atoms with Gasteiger partial charge in [0.05, 0.1) is 17.2 Å². The minimum absolute atomic E-state index is 0.139. The van der Waals surface area contributed by atoms with Gasteiger partial charge >= 0.3 is 0 Å². The van der Waals surface area contributed by atoms with Crippen molar-refractivity contribution in [3.63, 3.8) is 0 Å². The van der Waals surface area contributed by atoms with Crippen molar-refractivity contribution in [2.45, 2.75) is 19.4 Å². The summed E-state index contributed by atoms with van der Waals surface area (Å²) in [5.74, 6) is 1.61. The molecule has 0 unspecified atom stereocenters. The Morgan fingerprint density at radius 2 is 2.37 bits per heavy atom. The van der Waals surface area contributed by atoms with Crippen LogP contribution in [0.2, 0.25) is 0 Å². The standard InChI is InChI=1S/C13H14BrN3O2/c14-10-6-16-17(7-10)8-11-3-4-12(19-11)13(18)15-5-9-1-2-9/h3-4,6-7,9H,1-2,5,8H2,(H,15,18). The van der Waals surface area contributed by atoms with E-state index in [4.69, 9.17) is 4.42 Å². The van der Waals surface area contributed by atoms with Crippen LogP contribution in [0.5, 0.6) is 0 Å². The van der Waals surface area contributed by atoms with Crippen molar-refractivity contribution >= 4 is 21.8 Å². The highest BCUT2D eigenvalue weighted by atomic mass is 79.9. The highest BCUT2D eigenvalue weighted by molar-refractivity contribution is 9.10. The molecule has 5 nitrogen and oxygen atoms in total. The summed E-state index contributed by atoms with van der Waals surface area (Å²) in [5, 5.41) is 7.02. The molecule has 1 aliphatic rings. The average Bonchev–Trinajstić information content (AvgIpc) is 2.96. The molecule has 0 spiro atoms. The number of aromatic nitrogens is 2. The van der Waals surface area contributed by atoms with Gasteiger partial charge in [-0.2, -0.15) is 5.10 Å². The summed E-state index contributed by atoms with van der Waals surface area (Å²) in [7, 11) is 0. The lowest BCUT2D eigenvalue weighted by molar-refractivity contribution is 0.0922. The third-order valence-corrected chi connectivity index (χ3v) is 3.46. The lowest BCUT2D eigenvalue weighted by Gasteiger charge is -2.01. The molecule has 3 rings (SSSR count). The first kappa shape index (κ1) is 12.5. The van der Waals surface area contributed by atoms with Gasteiger partial charge in [0.15, 0.2) is 5.76 Å². The number of hydrogen-bond donors (Lipinski definition) is 1. The van der Waals surface area contributed by atoms with Crippen molar-refractivity contribution in [3.8, 4) is 0 Å². The van der Waals surface area contributed by atoms with Crippen LogP contribution in [0.4, 0.5) is 0 Å². The molecule has 0 bridgehead atoms. The predicted molar refractivity (Wildman–Crippen MR) is 72.8 cm³/mol. The van der Waals surface area contributed by atoms with Gasteiger partial charge in [-0.1, -0.05) is 0 Å². The molecule has 2 heterocycles. The normalized spacial score (nSPS) is 14.6. The second kappa shape index (κ2) is 5.21. The monoisotopic (exact) mass is 323 g/mol. The molecule has 0 radical (unpaired) electrons. The summed E-state index contributed by atoms with van der Waals surface area (Å²) < 4.78 is 8.19.